The minimum atomic E-state index is -0.341. The van der Waals surface area contributed by atoms with Crippen molar-refractivity contribution in [3.63, 3.8) is 0 Å². The van der Waals surface area contributed by atoms with Gasteiger partial charge in [0.05, 0.1) is 21.2 Å². The van der Waals surface area contributed by atoms with Crippen LogP contribution in [0.15, 0.2) is 39.3 Å². The van der Waals surface area contributed by atoms with Gasteiger partial charge in [0.1, 0.15) is 5.82 Å². The number of hydrogen-bond acceptors (Lipinski definition) is 2. The summed E-state index contributed by atoms with van der Waals surface area (Å²) >= 11 is 6.65. The van der Waals surface area contributed by atoms with E-state index in [0.717, 1.165) is 15.7 Å². The second kappa shape index (κ2) is 4.86. The third-order valence-corrected chi connectivity index (χ3v) is 4.67. The quantitative estimate of drug-likeness (QED) is 0.651. The Morgan fingerprint density at radius 2 is 1.95 bits per heavy atom. The molecule has 0 radical (unpaired) electrons. The number of imidazole rings is 1. The molecule has 0 fully saturated rings. The maximum atomic E-state index is 13.8. The van der Waals surface area contributed by atoms with E-state index in [0.29, 0.717) is 21.5 Å². The lowest BCUT2D eigenvalue weighted by Crippen LogP contribution is -2.02. The molecule has 0 unspecified atom stereocenters. The SMILES string of the molecule is Cc1c(Br)cccc1-n1c(N)nc2cc(Br)c(F)cc21. The Hall–Kier alpha value is -1.40. The van der Waals surface area contributed by atoms with E-state index < -0.39 is 0 Å². The van der Waals surface area contributed by atoms with Crippen LogP contribution in [-0.2, 0) is 0 Å². The predicted molar refractivity (Wildman–Crippen MR) is 85.6 cm³/mol. The van der Waals surface area contributed by atoms with E-state index in [1.54, 1.807) is 10.6 Å². The zero-order valence-electron chi connectivity index (χ0n) is 10.5. The maximum absolute atomic E-state index is 13.8. The van der Waals surface area contributed by atoms with Crippen LogP contribution >= 0.6 is 31.9 Å². The molecule has 0 saturated heterocycles. The number of benzene rings is 2. The van der Waals surface area contributed by atoms with E-state index in [9.17, 15) is 4.39 Å². The van der Waals surface area contributed by atoms with E-state index >= 15 is 0 Å². The van der Waals surface area contributed by atoms with Crippen molar-refractivity contribution in [1.29, 1.82) is 0 Å². The fourth-order valence-electron chi connectivity index (χ4n) is 2.18. The van der Waals surface area contributed by atoms with Gasteiger partial charge in [0.25, 0.3) is 0 Å². The molecule has 0 spiro atoms. The second-order valence-corrected chi connectivity index (χ2v) is 6.15. The molecule has 6 heteroatoms. The van der Waals surface area contributed by atoms with Crippen molar-refractivity contribution in [2.45, 2.75) is 6.92 Å². The molecular formula is C14H10Br2FN3. The number of halogens is 3. The van der Waals surface area contributed by atoms with E-state index in [2.05, 4.69) is 36.8 Å². The van der Waals surface area contributed by atoms with Gasteiger partial charge in [-0.25, -0.2) is 9.37 Å². The largest absolute Gasteiger partial charge is 0.369 e. The van der Waals surface area contributed by atoms with Gasteiger partial charge < -0.3 is 5.73 Å². The summed E-state index contributed by atoms with van der Waals surface area (Å²) < 4.78 is 16.9. The van der Waals surface area contributed by atoms with Crippen LogP contribution in [0, 0.1) is 12.7 Å². The highest BCUT2D eigenvalue weighted by molar-refractivity contribution is 9.10. The number of aromatic nitrogens is 2. The first kappa shape index (κ1) is 13.6. The molecule has 0 aliphatic carbocycles. The summed E-state index contributed by atoms with van der Waals surface area (Å²) in [5, 5.41) is 0. The Morgan fingerprint density at radius 1 is 1.20 bits per heavy atom. The molecular weight excluding hydrogens is 389 g/mol. The molecule has 0 aliphatic rings. The van der Waals surface area contributed by atoms with Crippen LogP contribution in [0.1, 0.15) is 5.56 Å². The number of fused-ring (bicyclic) bond motifs is 1. The van der Waals surface area contributed by atoms with Gasteiger partial charge in [-0.05, 0) is 46.6 Å². The van der Waals surface area contributed by atoms with Gasteiger partial charge >= 0.3 is 0 Å². The summed E-state index contributed by atoms with van der Waals surface area (Å²) in [5.74, 6) is -0.00926. The summed E-state index contributed by atoms with van der Waals surface area (Å²) in [6, 6.07) is 8.85. The van der Waals surface area contributed by atoms with Gasteiger partial charge in [-0.3, -0.25) is 4.57 Å². The monoisotopic (exact) mass is 397 g/mol. The smallest absolute Gasteiger partial charge is 0.205 e. The van der Waals surface area contributed by atoms with Gasteiger partial charge in [0, 0.05) is 10.5 Å². The average molecular weight is 399 g/mol. The molecule has 3 nitrogen and oxygen atoms in total. The fourth-order valence-corrected chi connectivity index (χ4v) is 2.87. The third-order valence-electron chi connectivity index (χ3n) is 3.20. The van der Waals surface area contributed by atoms with Crippen molar-refractivity contribution in [1.82, 2.24) is 9.55 Å². The van der Waals surface area contributed by atoms with Gasteiger partial charge in [-0.2, -0.15) is 0 Å². The van der Waals surface area contributed by atoms with Gasteiger partial charge in [-0.1, -0.05) is 22.0 Å². The minimum absolute atomic E-state index is 0.332. The normalized spacial score (nSPS) is 11.2. The number of hydrogen-bond donors (Lipinski definition) is 1. The van der Waals surface area contributed by atoms with Crippen LogP contribution < -0.4 is 5.73 Å². The molecule has 2 aromatic carbocycles. The molecule has 3 aromatic rings. The molecule has 20 heavy (non-hydrogen) atoms. The summed E-state index contributed by atoms with van der Waals surface area (Å²) in [7, 11) is 0. The highest BCUT2D eigenvalue weighted by Crippen LogP contribution is 2.31. The first-order valence-electron chi connectivity index (χ1n) is 5.87. The Balaban J connectivity index is 2.39. The van der Waals surface area contributed by atoms with E-state index in [1.165, 1.54) is 6.07 Å². The molecule has 0 aliphatic heterocycles. The Morgan fingerprint density at radius 3 is 2.70 bits per heavy atom. The average Bonchev–Trinajstić information content (AvgIpc) is 2.69. The molecule has 3 rings (SSSR count). The van der Waals surface area contributed by atoms with Crippen molar-refractivity contribution < 1.29 is 4.39 Å². The lowest BCUT2D eigenvalue weighted by molar-refractivity contribution is 0.622. The Labute approximate surface area is 131 Å². The number of nitrogens with two attached hydrogens (primary N) is 1. The van der Waals surface area contributed by atoms with Crippen LogP contribution in [0.4, 0.5) is 10.3 Å². The van der Waals surface area contributed by atoms with Crippen LogP contribution in [-0.4, -0.2) is 9.55 Å². The summed E-state index contributed by atoms with van der Waals surface area (Å²) in [5.41, 5.74) is 9.19. The molecule has 0 atom stereocenters. The first-order valence-corrected chi connectivity index (χ1v) is 7.46. The van der Waals surface area contributed by atoms with Crippen LogP contribution in [0.25, 0.3) is 16.7 Å². The summed E-state index contributed by atoms with van der Waals surface area (Å²) in [6.45, 7) is 1.97. The summed E-state index contributed by atoms with van der Waals surface area (Å²) in [6.07, 6.45) is 0. The van der Waals surface area contributed by atoms with E-state index in [1.807, 2.05) is 25.1 Å². The topological polar surface area (TPSA) is 43.8 Å². The molecule has 0 amide bonds. The third kappa shape index (κ3) is 2.03. The Bertz CT molecular complexity index is 827. The standard InChI is InChI=1S/C14H10Br2FN3/c1-7-8(15)3-2-4-12(7)20-13-6-10(17)9(16)5-11(13)19-14(20)18/h2-6H,1H3,(H2,18,19). The van der Waals surface area contributed by atoms with Gasteiger partial charge in [0.2, 0.25) is 5.95 Å². The number of nitrogens with zero attached hydrogens (tertiary/aromatic N) is 2. The molecule has 102 valence electrons. The van der Waals surface area contributed by atoms with Crippen LogP contribution in [0.2, 0.25) is 0 Å². The lowest BCUT2D eigenvalue weighted by Gasteiger charge is -2.11. The molecule has 1 heterocycles. The highest BCUT2D eigenvalue weighted by atomic mass is 79.9. The molecule has 2 N–H and O–H groups in total. The zero-order chi connectivity index (χ0) is 14.4. The number of nitrogen functional groups attached to an aromatic ring is 1. The number of rotatable bonds is 1. The van der Waals surface area contributed by atoms with Crippen molar-refractivity contribution >= 4 is 48.8 Å². The molecule has 0 bridgehead atoms. The summed E-state index contributed by atoms with van der Waals surface area (Å²) in [4.78, 5) is 4.29. The lowest BCUT2D eigenvalue weighted by atomic mass is 10.2. The Kier molecular flexibility index (Phi) is 3.30. The van der Waals surface area contributed by atoms with Crippen molar-refractivity contribution in [2.24, 2.45) is 0 Å². The van der Waals surface area contributed by atoms with Crippen LogP contribution in [0.5, 0.6) is 0 Å². The second-order valence-electron chi connectivity index (χ2n) is 4.44. The highest BCUT2D eigenvalue weighted by Gasteiger charge is 2.15. The van der Waals surface area contributed by atoms with Crippen molar-refractivity contribution in [3.05, 3.63) is 50.7 Å². The fraction of sp³-hybridized carbons (Fsp3) is 0.0714. The van der Waals surface area contributed by atoms with E-state index in [-0.39, 0.29) is 5.82 Å². The predicted octanol–water partition coefficient (Wildman–Crippen LogP) is 4.58. The maximum Gasteiger partial charge on any atom is 0.205 e. The van der Waals surface area contributed by atoms with Crippen molar-refractivity contribution in [3.8, 4) is 5.69 Å². The molecule has 1 aromatic heterocycles. The minimum Gasteiger partial charge on any atom is -0.369 e. The number of anilines is 1. The van der Waals surface area contributed by atoms with Gasteiger partial charge in [0.15, 0.2) is 0 Å². The van der Waals surface area contributed by atoms with Gasteiger partial charge in [-0.15, -0.1) is 0 Å². The zero-order valence-corrected chi connectivity index (χ0v) is 13.7. The first-order chi connectivity index (χ1) is 9.49. The molecule has 0 saturated carbocycles. The van der Waals surface area contributed by atoms with Crippen molar-refractivity contribution in [2.75, 3.05) is 5.73 Å². The van der Waals surface area contributed by atoms with Crippen LogP contribution in [0.3, 0.4) is 0 Å². The van der Waals surface area contributed by atoms with E-state index in [4.69, 9.17) is 5.73 Å².